The standard InChI is InChI=1S/C23H29ClN2O3S/c1-6-15-7-9-16(10-8-15)19(25(2)3)13-26-21(27)14-30-23(26)17-11-18(24)22(29-5)20(12-17)28-4/h7-12,19,23H,6,13-14H2,1-5H3/t19-,23+/m1/s1. The maximum Gasteiger partial charge on any atom is 0.233 e. The Morgan fingerprint density at radius 3 is 2.47 bits per heavy atom. The summed E-state index contributed by atoms with van der Waals surface area (Å²) in [7, 11) is 7.25. The molecule has 1 saturated heterocycles. The molecule has 0 bridgehead atoms. The highest BCUT2D eigenvalue weighted by Gasteiger charge is 2.36. The van der Waals surface area contributed by atoms with Crippen LogP contribution in [-0.4, -0.2) is 56.3 Å². The van der Waals surface area contributed by atoms with Gasteiger partial charge in [-0.3, -0.25) is 4.79 Å². The molecule has 1 amide bonds. The van der Waals surface area contributed by atoms with Gasteiger partial charge in [-0.15, -0.1) is 11.8 Å². The first-order chi connectivity index (χ1) is 14.4. The number of aryl methyl sites for hydroxylation is 1. The maximum absolute atomic E-state index is 12.8. The first kappa shape index (κ1) is 22.8. The number of benzene rings is 2. The first-order valence-electron chi connectivity index (χ1n) is 9.97. The van der Waals surface area contributed by atoms with Crippen molar-refractivity contribution in [2.24, 2.45) is 0 Å². The van der Waals surface area contributed by atoms with E-state index in [1.54, 1.807) is 26.0 Å². The number of hydrogen-bond donors (Lipinski definition) is 0. The Morgan fingerprint density at radius 1 is 1.20 bits per heavy atom. The van der Waals surface area contributed by atoms with E-state index in [1.165, 1.54) is 11.1 Å². The normalized spacial score (nSPS) is 17.5. The third-order valence-corrected chi connectivity index (χ3v) is 7.01. The summed E-state index contributed by atoms with van der Waals surface area (Å²) in [4.78, 5) is 16.9. The van der Waals surface area contributed by atoms with E-state index >= 15 is 0 Å². The third kappa shape index (κ3) is 4.71. The number of ether oxygens (including phenoxy) is 2. The number of nitrogens with zero attached hydrogens (tertiary/aromatic N) is 2. The van der Waals surface area contributed by atoms with Crippen LogP contribution in [-0.2, 0) is 11.2 Å². The SMILES string of the molecule is CCc1ccc([C@@H](CN2C(=O)CS[C@H]2c2cc(Cl)c(OC)c(OC)c2)N(C)C)cc1. The zero-order chi connectivity index (χ0) is 21.8. The van der Waals surface area contributed by atoms with Crippen molar-refractivity contribution in [3.05, 3.63) is 58.1 Å². The van der Waals surface area contributed by atoms with Gasteiger partial charge in [-0.2, -0.15) is 0 Å². The number of halogens is 1. The molecule has 1 aliphatic rings. The fraction of sp³-hybridized carbons (Fsp3) is 0.435. The van der Waals surface area contributed by atoms with E-state index < -0.39 is 0 Å². The molecule has 1 fully saturated rings. The number of thioether (sulfide) groups is 1. The van der Waals surface area contributed by atoms with Gasteiger partial charge in [0.25, 0.3) is 0 Å². The summed E-state index contributed by atoms with van der Waals surface area (Å²) in [5, 5.41) is 0.359. The van der Waals surface area contributed by atoms with Gasteiger partial charge in [0.2, 0.25) is 5.91 Å². The molecule has 0 radical (unpaired) electrons. The highest BCUT2D eigenvalue weighted by atomic mass is 35.5. The summed E-state index contributed by atoms with van der Waals surface area (Å²) < 4.78 is 10.8. The van der Waals surface area contributed by atoms with Crippen LogP contribution in [0.2, 0.25) is 5.02 Å². The molecule has 30 heavy (non-hydrogen) atoms. The van der Waals surface area contributed by atoms with Crippen LogP contribution < -0.4 is 9.47 Å². The highest BCUT2D eigenvalue weighted by Crippen LogP contribution is 2.45. The van der Waals surface area contributed by atoms with Gasteiger partial charge in [0.1, 0.15) is 5.37 Å². The van der Waals surface area contributed by atoms with E-state index in [4.69, 9.17) is 21.1 Å². The molecule has 162 valence electrons. The van der Waals surface area contributed by atoms with Crippen LogP contribution in [0.4, 0.5) is 0 Å². The molecule has 0 aliphatic carbocycles. The molecular formula is C23H29ClN2O3S. The van der Waals surface area contributed by atoms with Gasteiger partial charge in [0.05, 0.1) is 31.0 Å². The highest BCUT2D eigenvalue weighted by molar-refractivity contribution is 8.00. The number of hydrogen-bond acceptors (Lipinski definition) is 5. The van der Waals surface area contributed by atoms with Crippen LogP contribution in [0, 0.1) is 0 Å². The molecule has 0 N–H and O–H groups in total. The Labute approximate surface area is 188 Å². The van der Waals surface area contributed by atoms with Gasteiger partial charge in [0.15, 0.2) is 11.5 Å². The number of carbonyl (C=O) groups excluding carboxylic acids is 1. The summed E-state index contributed by atoms with van der Waals surface area (Å²) in [5.74, 6) is 1.66. The molecule has 0 spiro atoms. The Bertz CT molecular complexity index is 889. The van der Waals surface area contributed by atoms with Crippen molar-refractivity contribution in [3.63, 3.8) is 0 Å². The van der Waals surface area contributed by atoms with Crippen LogP contribution in [0.3, 0.4) is 0 Å². The molecule has 3 rings (SSSR count). The minimum absolute atomic E-state index is 0.0941. The van der Waals surface area contributed by atoms with E-state index in [-0.39, 0.29) is 17.3 Å². The first-order valence-corrected chi connectivity index (χ1v) is 11.4. The molecule has 5 nitrogen and oxygen atoms in total. The van der Waals surface area contributed by atoms with Gasteiger partial charge < -0.3 is 19.3 Å². The number of carbonyl (C=O) groups is 1. The lowest BCUT2D eigenvalue weighted by molar-refractivity contribution is -0.128. The summed E-state index contributed by atoms with van der Waals surface area (Å²) >= 11 is 8.04. The lowest BCUT2D eigenvalue weighted by Gasteiger charge is -2.33. The van der Waals surface area contributed by atoms with E-state index in [2.05, 4.69) is 36.1 Å². The summed E-state index contributed by atoms with van der Waals surface area (Å²) in [5.41, 5.74) is 3.44. The van der Waals surface area contributed by atoms with Gasteiger partial charge in [-0.1, -0.05) is 42.8 Å². The van der Waals surface area contributed by atoms with Crippen molar-refractivity contribution in [2.45, 2.75) is 24.8 Å². The molecular weight excluding hydrogens is 420 g/mol. The molecule has 0 saturated carbocycles. The molecule has 2 aromatic carbocycles. The second kappa shape index (κ2) is 9.94. The number of likely N-dealkylation sites (N-methyl/N-ethyl adjacent to an activating group) is 1. The van der Waals surface area contributed by atoms with Crippen LogP contribution in [0.5, 0.6) is 11.5 Å². The molecule has 1 heterocycles. The van der Waals surface area contributed by atoms with Crippen LogP contribution in [0.15, 0.2) is 36.4 Å². The van der Waals surface area contributed by atoms with Crippen molar-refractivity contribution in [3.8, 4) is 11.5 Å². The topological polar surface area (TPSA) is 42.0 Å². The van der Waals surface area contributed by atoms with Gasteiger partial charge in [0, 0.05) is 6.54 Å². The average molecular weight is 449 g/mol. The Hall–Kier alpha value is -1.89. The molecule has 0 aromatic heterocycles. The van der Waals surface area contributed by atoms with E-state index in [0.717, 1.165) is 12.0 Å². The van der Waals surface area contributed by atoms with Gasteiger partial charge in [-0.05, 0) is 49.3 Å². The molecule has 0 unspecified atom stereocenters. The number of methoxy groups -OCH3 is 2. The van der Waals surface area contributed by atoms with Gasteiger partial charge in [-0.25, -0.2) is 0 Å². The predicted molar refractivity (Wildman–Crippen MR) is 124 cm³/mol. The molecule has 7 heteroatoms. The Kier molecular flexibility index (Phi) is 7.55. The second-order valence-corrected chi connectivity index (χ2v) is 9.00. The monoisotopic (exact) mass is 448 g/mol. The fourth-order valence-electron chi connectivity index (χ4n) is 3.74. The van der Waals surface area contributed by atoms with Crippen molar-refractivity contribution >= 4 is 29.3 Å². The molecule has 1 aliphatic heterocycles. The second-order valence-electron chi connectivity index (χ2n) is 7.52. The number of rotatable bonds is 8. The van der Waals surface area contributed by atoms with Crippen molar-refractivity contribution in [2.75, 3.05) is 40.6 Å². The summed E-state index contributed by atoms with van der Waals surface area (Å²) in [6.07, 6.45) is 1.01. The predicted octanol–water partition coefficient (Wildman–Crippen LogP) is 4.80. The maximum atomic E-state index is 12.8. The van der Waals surface area contributed by atoms with Crippen molar-refractivity contribution < 1.29 is 14.3 Å². The quantitative estimate of drug-likeness (QED) is 0.580. The largest absolute Gasteiger partial charge is 0.493 e. The Morgan fingerprint density at radius 2 is 1.90 bits per heavy atom. The average Bonchev–Trinajstić information content (AvgIpc) is 3.11. The zero-order valence-corrected chi connectivity index (χ0v) is 19.7. The van der Waals surface area contributed by atoms with Crippen molar-refractivity contribution in [1.82, 2.24) is 9.80 Å². The van der Waals surface area contributed by atoms with Gasteiger partial charge >= 0.3 is 0 Å². The van der Waals surface area contributed by atoms with E-state index in [0.29, 0.717) is 28.8 Å². The lowest BCUT2D eigenvalue weighted by Crippen LogP contribution is -2.37. The zero-order valence-electron chi connectivity index (χ0n) is 18.1. The smallest absolute Gasteiger partial charge is 0.233 e. The van der Waals surface area contributed by atoms with Crippen LogP contribution in [0.25, 0.3) is 0 Å². The van der Waals surface area contributed by atoms with E-state index in [9.17, 15) is 4.79 Å². The van der Waals surface area contributed by atoms with E-state index in [1.807, 2.05) is 31.1 Å². The van der Waals surface area contributed by atoms with Crippen molar-refractivity contribution in [1.29, 1.82) is 0 Å². The lowest BCUT2D eigenvalue weighted by atomic mass is 10.0. The third-order valence-electron chi connectivity index (χ3n) is 5.47. The fourth-order valence-corrected chi connectivity index (χ4v) is 5.21. The summed E-state index contributed by atoms with van der Waals surface area (Å²) in [6.45, 7) is 2.75. The van der Waals surface area contributed by atoms with Crippen LogP contribution >= 0.6 is 23.4 Å². The molecule has 2 aromatic rings. The minimum Gasteiger partial charge on any atom is -0.493 e. The summed E-state index contributed by atoms with van der Waals surface area (Å²) in [6, 6.07) is 12.5. The Balaban J connectivity index is 1.91. The van der Waals surface area contributed by atoms with Crippen LogP contribution in [0.1, 0.15) is 35.0 Å². The molecule has 2 atom stereocenters. The minimum atomic E-state index is -0.118. The number of amides is 1.